The Kier molecular flexibility index (Phi) is 6.34. The topological polar surface area (TPSA) is 79.2 Å². The molecule has 0 bridgehead atoms. The first-order valence-corrected chi connectivity index (χ1v) is 8.39. The quantitative estimate of drug-likeness (QED) is 0.797. The van der Waals surface area contributed by atoms with Crippen LogP contribution >= 0.6 is 0 Å². The van der Waals surface area contributed by atoms with Gasteiger partial charge in [-0.2, -0.15) is 5.26 Å². The Morgan fingerprint density at radius 2 is 2.00 bits per heavy atom. The minimum Gasteiger partial charge on any atom is -0.385 e. The molecule has 116 valence electrons. The van der Waals surface area contributed by atoms with Crippen molar-refractivity contribution in [2.24, 2.45) is 5.41 Å². The number of sulfonamides is 1. The van der Waals surface area contributed by atoms with Crippen molar-refractivity contribution in [2.75, 3.05) is 20.3 Å². The van der Waals surface area contributed by atoms with E-state index >= 15 is 0 Å². The van der Waals surface area contributed by atoms with Crippen molar-refractivity contribution in [3.05, 3.63) is 35.4 Å². The van der Waals surface area contributed by atoms with Gasteiger partial charge in [0.2, 0.25) is 10.0 Å². The summed E-state index contributed by atoms with van der Waals surface area (Å²) < 4.78 is 31.9. The van der Waals surface area contributed by atoms with Crippen LogP contribution in [0.3, 0.4) is 0 Å². The molecule has 21 heavy (non-hydrogen) atoms. The number of hydrogen-bond donors (Lipinski definition) is 1. The smallest absolute Gasteiger partial charge is 0.215 e. The van der Waals surface area contributed by atoms with Crippen LogP contribution < -0.4 is 4.72 Å². The van der Waals surface area contributed by atoms with Gasteiger partial charge in [0.05, 0.1) is 17.4 Å². The summed E-state index contributed by atoms with van der Waals surface area (Å²) >= 11 is 0. The number of nitrogens with zero attached hydrogens (tertiary/aromatic N) is 1. The molecule has 0 heterocycles. The molecule has 0 aliphatic heterocycles. The lowest BCUT2D eigenvalue weighted by molar-refractivity contribution is 0.153. The number of hydrogen-bond acceptors (Lipinski definition) is 4. The minimum atomic E-state index is -3.47. The van der Waals surface area contributed by atoms with E-state index < -0.39 is 10.0 Å². The number of benzene rings is 1. The van der Waals surface area contributed by atoms with Crippen LogP contribution in [0.25, 0.3) is 0 Å². The van der Waals surface area contributed by atoms with Crippen molar-refractivity contribution in [3.8, 4) is 6.07 Å². The fourth-order valence-corrected chi connectivity index (χ4v) is 3.16. The lowest BCUT2D eigenvalue weighted by atomic mass is 9.90. The number of ether oxygens (including phenoxy) is 1. The third kappa shape index (κ3) is 6.25. The highest BCUT2D eigenvalue weighted by molar-refractivity contribution is 7.88. The third-order valence-electron chi connectivity index (χ3n) is 3.24. The second kappa shape index (κ2) is 7.55. The highest BCUT2D eigenvalue weighted by Gasteiger charge is 2.21. The molecule has 1 N–H and O–H groups in total. The predicted molar refractivity (Wildman–Crippen MR) is 82.1 cm³/mol. The van der Waals surface area contributed by atoms with Crippen molar-refractivity contribution >= 4 is 10.0 Å². The molecule has 0 saturated carbocycles. The van der Waals surface area contributed by atoms with Crippen molar-refractivity contribution in [2.45, 2.75) is 26.0 Å². The van der Waals surface area contributed by atoms with Crippen molar-refractivity contribution in [3.63, 3.8) is 0 Å². The average molecular weight is 310 g/mol. The molecule has 0 spiro atoms. The SMILES string of the molecule is COCCC(C)(C)CNS(=O)(=O)Cc1ccccc1C#N. The van der Waals surface area contributed by atoms with E-state index in [4.69, 9.17) is 10.00 Å². The molecule has 1 aromatic carbocycles. The van der Waals surface area contributed by atoms with E-state index in [2.05, 4.69) is 4.72 Å². The third-order valence-corrected chi connectivity index (χ3v) is 4.51. The van der Waals surface area contributed by atoms with Gasteiger partial charge in [-0.05, 0) is 23.5 Å². The Morgan fingerprint density at radius 1 is 1.33 bits per heavy atom. The molecule has 0 fully saturated rings. The molecule has 5 nitrogen and oxygen atoms in total. The van der Waals surface area contributed by atoms with Crippen molar-refractivity contribution < 1.29 is 13.2 Å². The lowest BCUT2D eigenvalue weighted by Crippen LogP contribution is -2.35. The van der Waals surface area contributed by atoms with E-state index in [-0.39, 0.29) is 11.2 Å². The zero-order valence-electron chi connectivity index (χ0n) is 12.7. The fourth-order valence-electron chi connectivity index (χ4n) is 1.78. The molecule has 1 aromatic rings. The molecule has 0 aliphatic carbocycles. The van der Waals surface area contributed by atoms with Gasteiger partial charge in [-0.25, -0.2) is 13.1 Å². The minimum absolute atomic E-state index is 0.183. The monoisotopic (exact) mass is 310 g/mol. The lowest BCUT2D eigenvalue weighted by Gasteiger charge is -2.24. The Bertz CT molecular complexity index is 604. The summed E-state index contributed by atoms with van der Waals surface area (Å²) in [5.74, 6) is -0.183. The van der Waals surface area contributed by atoms with Gasteiger partial charge in [0.25, 0.3) is 0 Å². The molecular weight excluding hydrogens is 288 g/mol. The molecule has 0 aliphatic rings. The van der Waals surface area contributed by atoms with Crippen molar-refractivity contribution in [1.82, 2.24) is 4.72 Å². The molecular formula is C15H22N2O3S. The van der Waals surface area contributed by atoms with Crippen LogP contribution in [-0.2, 0) is 20.5 Å². The van der Waals surface area contributed by atoms with Crippen LogP contribution in [0.5, 0.6) is 0 Å². The normalized spacial score (nSPS) is 12.1. The Hall–Kier alpha value is -1.42. The second-order valence-corrected chi connectivity index (χ2v) is 7.56. The standard InChI is InChI=1S/C15H22N2O3S/c1-15(2,8-9-20-3)12-17-21(18,19)11-14-7-5-4-6-13(14)10-16/h4-7,17H,8-9,11-12H2,1-3H3. The first-order valence-electron chi connectivity index (χ1n) is 6.74. The van der Waals surface area contributed by atoms with Crippen LogP contribution in [0.2, 0.25) is 0 Å². The molecule has 6 heteroatoms. The van der Waals surface area contributed by atoms with E-state index in [9.17, 15) is 8.42 Å². The van der Waals surface area contributed by atoms with Crippen LogP contribution in [0, 0.1) is 16.7 Å². The van der Waals surface area contributed by atoms with E-state index in [0.29, 0.717) is 24.3 Å². The Morgan fingerprint density at radius 3 is 2.62 bits per heavy atom. The number of methoxy groups -OCH3 is 1. The summed E-state index contributed by atoms with van der Waals surface area (Å²) in [4.78, 5) is 0. The zero-order chi connectivity index (χ0) is 15.9. The number of rotatable bonds is 8. The molecule has 0 saturated heterocycles. The summed E-state index contributed by atoms with van der Waals surface area (Å²) in [7, 11) is -1.84. The number of nitriles is 1. The van der Waals surface area contributed by atoms with Gasteiger partial charge in [-0.3, -0.25) is 0 Å². The Balaban J connectivity index is 2.69. The summed E-state index contributed by atoms with van der Waals surface area (Å²) in [5, 5.41) is 8.99. The van der Waals surface area contributed by atoms with E-state index in [1.807, 2.05) is 19.9 Å². The molecule has 0 amide bonds. The maximum Gasteiger partial charge on any atom is 0.215 e. The van der Waals surface area contributed by atoms with Gasteiger partial charge < -0.3 is 4.74 Å². The first-order chi connectivity index (χ1) is 9.79. The summed E-state index contributed by atoms with van der Waals surface area (Å²) in [6.07, 6.45) is 0.765. The highest BCUT2D eigenvalue weighted by Crippen LogP contribution is 2.19. The number of nitrogens with one attached hydrogen (secondary N) is 1. The fraction of sp³-hybridized carbons (Fsp3) is 0.533. The van der Waals surface area contributed by atoms with Gasteiger partial charge in [0.1, 0.15) is 0 Å². The van der Waals surface area contributed by atoms with Crippen molar-refractivity contribution in [1.29, 1.82) is 5.26 Å². The van der Waals surface area contributed by atoms with Crippen LogP contribution in [0.4, 0.5) is 0 Å². The summed E-state index contributed by atoms with van der Waals surface area (Å²) in [5.41, 5.74) is 0.724. The van der Waals surface area contributed by atoms with Crippen LogP contribution in [0.15, 0.2) is 24.3 Å². The molecule has 0 aromatic heterocycles. The van der Waals surface area contributed by atoms with Gasteiger partial charge in [0, 0.05) is 20.3 Å². The highest BCUT2D eigenvalue weighted by atomic mass is 32.2. The molecule has 0 radical (unpaired) electrons. The maximum absolute atomic E-state index is 12.1. The largest absolute Gasteiger partial charge is 0.385 e. The summed E-state index contributed by atoms with van der Waals surface area (Å²) in [6.45, 7) is 4.90. The van der Waals surface area contributed by atoms with Gasteiger partial charge in [-0.15, -0.1) is 0 Å². The van der Waals surface area contributed by atoms with Crippen LogP contribution in [-0.4, -0.2) is 28.7 Å². The van der Waals surface area contributed by atoms with E-state index in [1.165, 1.54) is 0 Å². The molecule has 1 rings (SSSR count). The molecule has 0 unspecified atom stereocenters. The van der Waals surface area contributed by atoms with E-state index in [0.717, 1.165) is 6.42 Å². The molecule has 0 atom stereocenters. The predicted octanol–water partition coefficient (Wildman–Crippen LogP) is 2.04. The summed E-state index contributed by atoms with van der Waals surface area (Å²) in [6, 6.07) is 8.74. The van der Waals surface area contributed by atoms with Crippen LogP contribution in [0.1, 0.15) is 31.4 Å². The average Bonchev–Trinajstić information content (AvgIpc) is 2.44. The zero-order valence-corrected chi connectivity index (χ0v) is 13.5. The van der Waals surface area contributed by atoms with Gasteiger partial charge in [-0.1, -0.05) is 32.0 Å². The van der Waals surface area contributed by atoms with Gasteiger partial charge >= 0.3 is 0 Å². The van der Waals surface area contributed by atoms with Gasteiger partial charge in [0.15, 0.2) is 0 Å². The maximum atomic E-state index is 12.1. The van der Waals surface area contributed by atoms with E-state index in [1.54, 1.807) is 31.4 Å². The first kappa shape index (κ1) is 17.6. The second-order valence-electron chi connectivity index (χ2n) is 5.76. The Labute approximate surface area is 127 Å².